The van der Waals surface area contributed by atoms with Crippen molar-refractivity contribution in [2.45, 2.75) is 69.2 Å². The van der Waals surface area contributed by atoms with Gasteiger partial charge in [-0.2, -0.15) is 0 Å². The molecule has 4 heteroatoms. The summed E-state index contributed by atoms with van der Waals surface area (Å²) in [7, 11) is -2.88. The van der Waals surface area contributed by atoms with E-state index in [1.54, 1.807) is 0 Å². The lowest BCUT2D eigenvalue weighted by Crippen LogP contribution is -2.46. The monoisotopic (exact) mass is 259 g/mol. The summed E-state index contributed by atoms with van der Waals surface area (Å²) in [5.41, 5.74) is 0. The van der Waals surface area contributed by atoms with E-state index >= 15 is 0 Å². The fourth-order valence-corrected chi connectivity index (χ4v) is 4.97. The van der Waals surface area contributed by atoms with Gasteiger partial charge in [-0.3, -0.25) is 0 Å². The average molecular weight is 259 g/mol. The van der Waals surface area contributed by atoms with Crippen LogP contribution in [0.5, 0.6) is 0 Å². The summed E-state index contributed by atoms with van der Waals surface area (Å²) in [4.78, 5) is 0. The summed E-state index contributed by atoms with van der Waals surface area (Å²) in [6.07, 6.45) is 9.61. The van der Waals surface area contributed by atoms with Gasteiger partial charge in [0.25, 0.3) is 0 Å². The van der Waals surface area contributed by atoms with Gasteiger partial charge in [0.1, 0.15) is 0 Å². The van der Waals surface area contributed by atoms with Crippen molar-refractivity contribution in [3.63, 3.8) is 0 Å². The van der Waals surface area contributed by atoms with Crippen LogP contribution in [0.4, 0.5) is 0 Å². The van der Waals surface area contributed by atoms with Crippen LogP contribution in [0.1, 0.15) is 51.9 Å². The summed E-state index contributed by atoms with van der Waals surface area (Å²) in [6.45, 7) is 2.23. The summed E-state index contributed by atoms with van der Waals surface area (Å²) < 4.78 is 23.4. The first-order chi connectivity index (χ1) is 7.98. The lowest BCUT2D eigenvalue weighted by molar-refractivity contribution is 0.342. The van der Waals surface area contributed by atoms with Gasteiger partial charge in [0, 0.05) is 18.3 Å². The lowest BCUT2D eigenvalue weighted by Gasteiger charge is -2.27. The molecule has 0 bridgehead atoms. The first kappa shape index (κ1) is 13.3. The van der Waals surface area contributed by atoms with Crippen LogP contribution >= 0.6 is 0 Å². The minimum atomic E-state index is -2.88. The fraction of sp³-hybridized carbons (Fsp3) is 1.00. The minimum Gasteiger partial charge on any atom is -0.310 e. The molecule has 3 atom stereocenters. The van der Waals surface area contributed by atoms with E-state index in [1.165, 1.54) is 31.9 Å². The maximum Gasteiger partial charge on any atom is 0.151 e. The van der Waals surface area contributed by atoms with E-state index in [4.69, 9.17) is 0 Å². The van der Waals surface area contributed by atoms with Crippen LogP contribution < -0.4 is 5.32 Å². The van der Waals surface area contributed by atoms with Gasteiger partial charge in [0.05, 0.1) is 5.25 Å². The average Bonchev–Trinajstić information content (AvgIpc) is 2.85. The summed E-state index contributed by atoms with van der Waals surface area (Å²) in [6, 6.07) is 0.672. The molecule has 0 aromatic rings. The van der Waals surface area contributed by atoms with Crippen LogP contribution in [0, 0.1) is 5.92 Å². The molecule has 0 aromatic carbocycles. The first-order valence-corrected chi connectivity index (χ1v) is 8.89. The largest absolute Gasteiger partial charge is 0.310 e. The molecular formula is C13H25NO2S. The van der Waals surface area contributed by atoms with Crippen LogP contribution in [0.25, 0.3) is 0 Å². The highest BCUT2D eigenvalue weighted by Crippen LogP contribution is 2.30. The van der Waals surface area contributed by atoms with Gasteiger partial charge in [0.2, 0.25) is 0 Å². The Morgan fingerprint density at radius 3 is 2.29 bits per heavy atom. The van der Waals surface area contributed by atoms with Crippen LogP contribution in [0.3, 0.4) is 0 Å². The number of nitrogens with one attached hydrogen (secondary N) is 1. The maximum atomic E-state index is 11.7. The van der Waals surface area contributed by atoms with Crippen molar-refractivity contribution in [3.05, 3.63) is 0 Å². The van der Waals surface area contributed by atoms with Crippen molar-refractivity contribution in [2.24, 2.45) is 5.92 Å². The quantitative estimate of drug-likeness (QED) is 0.841. The Labute approximate surface area is 105 Å². The van der Waals surface area contributed by atoms with E-state index in [0.717, 1.165) is 25.2 Å². The predicted molar refractivity (Wildman–Crippen MR) is 70.8 cm³/mol. The summed E-state index contributed by atoms with van der Waals surface area (Å²) >= 11 is 0. The smallest absolute Gasteiger partial charge is 0.151 e. The molecule has 1 N–H and O–H groups in total. The molecule has 0 aromatic heterocycles. The number of sulfone groups is 1. The topological polar surface area (TPSA) is 46.2 Å². The molecule has 0 heterocycles. The molecule has 0 spiro atoms. The van der Waals surface area contributed by atoms with Gasteiger partial charge in [0.15, 0.2) is 9.84 Å². The van der Waals surface area contributed by atoms with E-state index in [9.17, 15) is 8.42 Å². The molecule has 2 saturated carbocycles. The zero-order chi connectivity index (χ0) is 12.5. The Morgan fingerprint density at radius 2 is 1.71 bits per heavy atom. The molecule has 2 aliphatic rings. The van der Waals surface area contributed by atoms with Crippen LogP contribution in [-0.4, -0.2) is 32.0 Å². The van der Waals surface area contributed by atoms with Gasteiger partial charge >= 0.3 is 0 Å². The molecule has 0 aliphatic heterocycles. The Hall–Kier alpha value is -0.0900. The van der Waals surface area contributed by atoms with Gasteiger partial charge in [-0.25, -0.2) is 8.42 Å². The van der Waals surface area contributed by atoms with Crippen molar-refractivity contribution in [1.82, 2.24) is 5.32 Å². The van der Waals surface area contributed by atoms with Gasteiger partial charge < -0.3 is 5.32 Å². The highest BCUT2D eigenvalue weighted by molar-refractivity contribution is 7.91. The Morgan fingerprint density at radius 1 is 1.06 bits per heavy atom. The van der Waals surface area contributed by atoms with E-state index in [2.05, 4.69) is 12.2 Å². The number of hydrogen-bond acceptors (Lipinski definition) is 3. The normalized spacial score (nSPS) is 33.1. The van der Waals surface area contributed by atoms with Crippen molar-refractivity contribution < 1.29 is 8.42 Å². The van der Waals surface area contributed by atoms with Gasteiger partial charge in [-0.05, 0) is 38.5 Å². The molecule has 17 heavy (non-hydrogen) atoms. The lowest BCUT2D eigenvalue weighted by atomic mass is 9.99. The van der Waals surface area contributed by atoms with E-state index in [0.29, 0.717) is 6.04 Å². The van der Waals surface area contributed by atoms with Gasteiger partial charge in [-0.1, -0.05) is 19.3 Å². The molecule has 2 fully saturated rings. The molecule has 100 valence electrons. The molecule has 0 radical (unpaired) electrons. The van der Waals surface area contributed by atoms with Crippen molar-refractivity contribution in [1.29, 1.82) is 0 Å². The molecular weight excluding hydrogens is 234 g/mol. The van der Waals surface area contributed by atoms with Crippen LogP contribution in [0.2, 0.25) is 0 Å². The number of hydrogen-bond donors (Lipinski definition) is 1. The van der Waals surface area contributed by atoms with Crippen LogP contribution in [0.15, 0.2) is 0 Å². The third kappa shape index (κ3) is 3.22. The molecule has 2 rings (SSSR count). The third-order valence-corrected chi connectivity index (χ3v) is 6.25. The zero-order valence-corrected chi connectivity index (χ0v) is 11.8. The summed E-state index contributed by atoms with van der Waals surface area (Å²) in [5.74, 6) is 0.760. The zero-order valence-electron chi connectivity index (χ0n) is 11.0. The second kappa shape index (κ2) is 5.27. The first-order valence-electron chi connectivity index (χ1n) is 6.93. The van der Waals surface area contributed by atoms with Crippen LogP contribution in [-0.2, 0) is 9.84 Å². The fourth-order valence-electron chi connectivity index (χ4n) is 3.56. The molecule has 0 saturated heterocycles. The molecule has 2 aliphatic carbocycles. The number of rotatable bonds is 4. The van der Waals surface area contributed by atoms with E-state index in [-0.39, 0.29) is 11.3 Å². The van der Waals surface area contributed by atoms with Gasteiger partial charge in [-0.15, -0.1) is 0 Å². The second-order valence-electron chi connectivity index (χ2n) is 5.91. The van der Waals surface area contributed by atoms with Crippen molar-refractivity contribution in [3.8, 4) is 0 Å². The summed E-state index contributed by atoms with van der Waals surface area (Å²) in [5, 5.41) is 3.45. The maximum absolute atomic E-state index is 11.7. The van der Waals surface area contributed by atoms with Crippen molar-refractivity contribution in [2.75, 3.05) is 6.26 Å². The molecule has 0 amide bonds. The minimum absolute atomic E-state index is 0.147. The molecule has 3 unspecified atom stereocenters. The highest BCUT2D eigenvalue weighted by Gasteiger charge is 2.36. The Kier molecular flexibility index (Phi) is 4.14. The van der Waals surface area contributed by atoms with E-state index < -0.39 is 9.84 Å². The second-order valence-corrected chi connectivity index (χ2v) is 8.17. The SMILES string of the molecule is CC(NC1CCCC1S(C)(=O)=O)C1CCCC1. The Balaban J connectivity index is 1.93. The van der Waals surface area contributed by atoms with Crippen molar-refractivity contribution >= 4 is 9.84 Å². The highest BCUT2D eigenvalue weighted by atomic mass is 32.2. The Bertz CT molecular complexity index is 346. The third-order valence-electron chi connectivity index (χ3n) is 4.59. The molecule has 3 nitrogen and oxygen atoms in total. The predicted octanol–water partition coefficient (Wildman–Crippen LogP) is 2.12. The van der Waals surface area contributed by atoms with E-state index in [1.807, 2.05) is 0 Å². The standard InChI is InChI=1S/C13H25NO2S/c1-10(11-6-3-4-7-11)14-12-8-5-9-13(12)17(2,15)16/h10-14H,3-9H2,1-2H3.